The van der Waals surface area contributed by atoms with Gasteiger partial charge in [-0.2, -0.15) is 0 Å². The molecule has 35 atom stereocenters. The zero-order valence-corrected chi connectivity index (χ0v) is 46.6. The SMILES string of the molecule is CC(=O)N[C@@H]1[C@@H](O)[C@H](O[C@@H]2O[C@H](CO)[C@@H](O[C@@H]3O[C@H](CO[C@H]4O[C@H](CO)[C@@H](O)[C@H](O)[C@@H]4O)[C@@H](O)[C@H](O[C@H]4O[C@H](CO)[C@@H](O[C@@H]5O[C@H](CO)[C@@H](O[C@@H]6O[C@H](CO)[C@H](O)[C@H](O)[C@H]6O)[C@H](O)[C@H]5NC(C)=O)[C@H](O)[C@@H]4O)[C@@H]3O)[C@H](O)[C@H]2NC(C)=O)[C@@H](CO)O[C@H]1O. The van der Waals surface area contributed by atoms with Crippen LogP contribution in [-0.4, -0.2) is 381 Å². The lowest BCUT2D eigenvalue weighted by Crippen LogP contribution is -2.70. The second-order valence-corrected chi connectivity index (χ2v) is 21.8. The summed E-state index contributed by atoms with van der Waals surface area (Å²) in [5.41, 5.74) is 0. The Morgan fingerprint density at radius 3 is 1.02 bits per heavy atom. The molecule has 0 saturated carbocycles. The molecule has 7 fully saturated rings. The lowest BCUT2D eigenvalue weighted by atomic mass is 9.93. The van der Waals surface area contributed by atoms with E-state index in [0.717, 1.165) is 20.8 Å². The largest absolute Gasteiger partial charge is 0.394 e. The Bertz CT molecular complexity index is 2180. The van der Waals surface area contributed by atoms with E-state index in [2.05, 4.69) is 16.0 Å². The zero-order chi connectivity index (χ0) is 64.2. The summed E-state index contributed by atoms with van der Waals surface area (Å²) in [6, 6.07) is -5.11. The molecule has 0 aliphatic carbocycles. The summed E-state index contributed by atoms with van der Waals surface area (Å²) in [4.78, 5) is 37.1. The van der Waals surface area contributed by atoms with Crippen molar-refractivity contribution in [3.63, 3.8) is 0 Å². The monoisotopic (exact) mass is 1280 g/mol. The predicted octanol–water partition coefficient (Wildman–Crippen LogP) is -15.8. The van der Waals surface area contributed by atoms with Gasteiger partial charge in [-0.3, -0.25) is 14.4 Å². The van der Waals surface area contributed by atoms with E-state index < -0.39 is 279 Å². The van der Waals surface area contributed by atoms with Crippen LogP contribution in [0.25, 0.3) is 0 Å². The number of rotatable bonds is 22. The fraction of sp³-hybridized carbons (Fsp3) is 0.938. The average Bonchev–Trinajstić information content (AvgIpc) is 1.23. The predicted molar refractivity (Wildman–Crippen MR) is 267 cm³/mol. The van der Waals surface area contributed by atoms with Crippen LogP contribution in [0.2, 0.25) is 0 Å². The first-order valence-electron chi connectivity index (χ1n) is 27.6. The number of nitrogens with one attached hydrogen (secondary N) is 3. The topological polar surface area (TPSA) is 612 Å². The molecule has 0 aromatic heterocycles. The van der Waals surface area contributed by atoms with Gasteiger partial charge in [0.1, 0.15) is 171 Å². The summed E-state index contributed by atoms with van der Waals surface area (Å²) in [6.07, 6.45) is -62.3. The summed E-state index contributed by atoms with van der Waals surface area (Å²) < 4.78 is 74.9. The molecule has 0 spiro atoms. The van der Waals surface area contributed by atoms with Crippen LogP contribution in [0.4, 0.5) is 0 Å². The molecule has 3 amide bonds. The highest BCUT2D eigenvalue weighted by Crippen LogP contribution is 2.38. The Morgan fingerprint density at radius 1 is 0.299 bits per heavy atom. The summed E-state index contributed by atoms with van der Waals surface area (Å²) in [5, 5.41) is 224. The number of aliphatic hydroxyl groups excluding tert-OH is 20. The highest BCUT2D eigenvalue weighted by Gasteiger charge is 2.59. The van der Waals surface area contributed by atoms with Crippen molar-refractivity contribution in [1.82, 2.24) is 16.0 Å². The molecule has 7 heterocycles. The molecule has 23 N–H and O–H groups in total. The minimum atomic E-state index is -2.36. The smallest absolute Gasteiger partial charge is 0.217 e. The third kappa shape index (κ3) is 15.8. The molecular weight excluding hydrogens is 1190 g/mol. The molecule has 7 aliphatic rings. The van der Waals surface area contributed by atoms with Crippen molar-refractivity contribution < 1.29 is 178 Å². The maximum Gasteiger partial charge on any atom is 0.217 e. The maximum atomic E-state index is 12.7. The van der Waals surface area contributed by atoms with Gasteiger partial charge >= 0.3 is 0 Å². The molecule has 87 heavy (non-hydrogen) atoms. The fourth-order valence-corrected chi connectivity index (χ4v) is 11.1. The van der Waals surface area contributed by atoms with Crippen LogP contribution >= 0.6 is 0 Å². The number of hydrogen-bond acceptors (Lipinski definition) is 36. The highest BCUT2D eigenvalue weighted by molar-refractivity contribution is 5.74. The molecule has 7 aliphatic heterocycles. The van der Waals surface area contributed by atoms with Crippen molar-refractivity contribution in [2.24, 2.45) is 0 Å². The van der Waals surface area contributed by atoms with Crippen molar-refractivity contribution in [3.05, 3.63) is 0 Å². The average molecular weight is 1280 g/mol. The van der Waals surface area contributed by atoms with Gasteiger partial charge in [0.2, 0.25) is 17.7 Å². The summed E-state index contributed by atoms with van der Waals surface area (Å²) in [7, 11) is 0. The van der Waals surface area contributed by atoms with Crippen LogP contribution < -0.4 is 16.0 Å². The van der Waals surface area contributed by atoms with Gasteiger partial charge in [-0.15, -0.1) is 0 Å². The second-order valence-electron chi connectivity index (χ2n) is 21.8. The molecule has 504 valence electrons. The van der Waals surface area contributed by atoms with Crippen LogP contribution in [-0.2, 0) is 76.0 Å². The number of aliphatic hydroxyl groups is 20. The van der Waals surface area contributed by atoms with Gasteiger partial charge in [0.05, 0.1) is 46.2 Å². The van der Waals surface area contributed by atoms with E-state index in [1.165, 1.54) is 0 Å². The van der Waals surface area contributed by atoms with E-state index in [1.807, 2.05) is 0 Å². The molecule has 39 heteroatoms. The molecule has 0 radical (unpaired) electrons. The van der Waals surface area contributed by atoms with E-state index in [-0.39, 0.29) is 0 Å². The van der Waals surface area contributed by atoms with Crippen LogP contribution in [0.5, 0.6) is 0 Å². The number of ether oxygens (including phenoxy) is 13. The molecule has 0 unspecified atom stereocenters. The maximum absolute atomic E-state index is 12.7. The van der Waals surface area contributed by atoms with E-state index in [9.17, 15) is 117 Å². The third-order valence-corrected chi connectivity index (χ3v) is 15.7. The molecule has 0 aromatic rings. The van der Waals surface area contributed by atoms with Crippen LogP contribution in [0, 0.1) is 0 Å². The van der Waals surface area contributed by atoms with Gasteiger partial charge in [-0.1, -0.05) is 0 Å². The van der Waals surface area contributed by atoms with Crippen molar-refractivity contribution >= 4 is 17.7 Å². The molecule has 7 saturated heterocycles. The Labute approximate surface area is 492 Å². The van der Waals surface area contributed by atoms with Gasteiger partial charge in [0.25, 0.3) is 0 Å². The Morgan fingerprint density at radius 2 is 0.598 bits per heavy atom. The lowest BCUT2D eigenvalue weighted by Gasteiger charge is -2.51. The summed E-state index contributed by atoms with van der Waals surface area (Å²) in [5.74, 6) is -2.45. The van der Waals surface area contributed by atoms with Gasteiger partial charge in [0.15, 0.2) is 44.0 Å². The van der Waals surface area contributed by atoms with Crippen molar-refractivity contribution in [2.75, 3.05) is 46.2 Å². The normalized spacial score (nSPS) is 48.9. The Hall–Kier alpha value is -2.91. The van der Waals surface area contributed by atoms with Crippen molar-refractivity contribution in [3.8, 4) is 0 Å². The Kier molecular flexibility index (Phi) is 25.6. The highest BCUT2D eigenvalue weighted by atomic mass is 16.8. The summed E-state index contributed by atoms with van der Waals surface area (Å²) >= 11 is 0. The quantitative estimate of drug-likeness (QED) is 0.0479. The first-order chi connectivity index (χ1) is 41.1. The van der Waals surface area contributed by atoms with E-state index in [0.29, 0.717) is 0 Å². The standard InChI is InChI=1S/C48H81N3O36/c1-11(58)49-21-27(64)37(16(6-54)76-42(21)74)83-43-22(50-12(2)59)29(66)39(18(8-56)79-43)86-48-36(73)41(26(63)20(82-48)10-75-45-33(70)30(67)24(61)14(4-52)77-45)87-47-35(72)32(69)40(19(9-57)81-47)84-44-23(51-13(3)60)28(65)38(17(7-55)80-44)85-46-34(71)31(68)25(62)15(5-53)78-46/h14-48,52-57,61-74H,4-10H2,1-3H3,(H,49,58)(H,50,59)(H,51,60)/t14-,15-,16-,17-,18-,19-,20-,21-,22-,23-,24-,25+,26-,27-,28-,29-,30+,31+,32-,33+,34-,35+,36+,37-,38-,39-,40-,41+,42-,43+,44+,45+,46+,47-,48+/m1/s1. The summed E-state index contributed by atoms with van der Waals surface area (Å²) in [6.45, 7) is -3.86. The number of carbonyl (C=O) groups is 3. The van der Waals surface area contributed by atoms with Gasteiger partial charge < -0.3 is 180 Å². The van der Waals surface area contributed by atoms with E-state index >= 15 is 0 Å². The third-order valence-electron chi connectivity index (χ3n) is 15.7. The van der Waals surface area contributed by atoms with E-state index in [1.54, 1.807) is 0 Å². The molecule has 0 bridgehead atoms. The molecule has 0 aromatic carbocycles. The van der Waals surface area contributed by atoms with Gasteiger partial charge in [-0.05, 0) is 0 Å². The second kappa shape index (κ2) is 31.1. The molecule has 39 nitrogen and oxygen atoms in total. The Balaban J connectivity index is 1.13. The fourth-order valence-electron chi connectivity index (χ4n) is 11.1. The van der Waals surface area contributed by atoms with Crippen molar-refractivity contribution in [2.45, 2.75) is 236 Å². The molecule has 7 rings (SSSR count). The zero-order valence-electron chi connectivity index (χ0n) is 46.6. The van der Waals surface area contributed by atoms with Crippen molar-refractivity contribution in [1.29, 1.82) is 0 Å². The minimum absolute atomic E-state index is 0.735. The minimum Gasteiger partial charge on any atom is -0.394 e. The van der Waals surface area contributed by atoms with Gasteiger partial charge in [0, 0.05) is 20.8 Å². The first kappa shape index (κ1) is 71.5. The van der Waals surface area contributed by atoms with Crippen LogP contribution in [0.15, 0.2) is 0 Å². The van der Waals surface area contributed by atoms with Crippen LogP contribution in [0.1, 0.15) is 20.8 Å². The van der Waals surface area contributed by atoms with Crippen LogP contribution in [0.3, 0.4) is 0 Å². The first-order valence-corrected chi connectivity index (χ1v) is 27.6. The van der Waals surface area contributed by atoms with Gasteiger partial charge in [-0.25, -0.2) is 0 Å². The molecular formula is C48H81N3O36. The number of amides is 3. The van der Waals surface area contributed by atoms with E-state index in [4.69, 9.17) is 61.6 Å². The lowest BCUT2D eigenvalue weighted by molar-refractivity contribution is -0.391. The number of hydrogen-bond donors (Lipinski definition) is 23. The number of carbonyl (C=O) groups excluding carboxylic acids is 3.